The molecule has 0 aliphatic heterocycles. The summed E-state index contributed by atoms with van der Waals surface area (Å²) in [6.07, 6.45) is 2.71. The number of hydrogen-bond donors (Lipinski definition) is 2. The van der Waals surface area contributed by atoms with Crippen LogP contribution in [0.3, 0.4) is 0 Å². The third-order valence-corrected chi connectivity index (χ3v) is 5.11. The molecular weight excluding hydrogens is 294 g/mol. The molecule has 7 heteroatoms. The van der Waals surface area contributed by atoms with E-state index in [1.165, 1.54) is 16.1 Å². The first kappa shape index (κ1) is 17.3. The van der Waals surface area contributed by atoms with E-state index in [9.17, 15) is 8.42 Å². The second-order valence-electron chi connectivity index (χ2n) is 4.34. The molecule has 0 aliphatic carbocycles. The van der Waals surface area contributed by atoms with Gasteiger partial charge in [0.1, 0.15) is 0 Å². The van der Waals surface area contributed by atoms with Gasteiger partial charge in [-0.15, -0.1) is 11.8 Å². The molecule has 1 rings (SSSR count). The second kappa shape index (κ2) is 8.51. The van der Waals surface area contributed by atoms with Crippen LogP contribution in [0.2, 0.25) is 0 Å². The molecule has 0 saturated heterocycles. The van der Waals surface area contributed by atoms with Gasteiger partial charge in [-0.1, -0.05) is 19.1 Å². The SMILES string of the molecule is CCNCCCN(C)S(=O)(=O)Nc1ccccc1SC. The number of rotatable bonds is 9. The predicted octanol–water partition coefficient (Wildman–Crippen LogP) is 2.00. The molecule has 0 atom stereocenters. The average Bonchev–Trinajstić information content (AvgIpc) is 2.43. The largest absolute Gasteiger partial charge is 0.317 e. The summed E-state index contributed by atoms with van der Waals surface area (Å²) in [5.74, 6) is 0. The van der Waals surface area contributed by atoms with Gasteiger partial charge in [0.15, 0.2) is 0 Å². The highest BCUT2D eigenvalue weighted by atomic mass is 32.2. The number of para-hydroxylation sites is 1. The highest BCUT2D eigenvalue weighted by Gasteiger charge is 2.18. The predicted molar refractivity (Wildman–Crippen MR) is 86.6 cm³/mol. The molecule has 5 nitrogen and oxygen atoms in total. The number of nitrogens with zero attached hydrogens (tertiary/aromatic N) is 1. The molecular formula is C13H23N3O2S2. The van der Waals surface area contributed by atoms with Crippen LogP contribution in [0, 0.1) is 0 Å². The molecule has 0 fully saturated rings. The Balaban J connectivity index is 2.64. The quantitative estimate of drug-likeness (QED) is 0.540. The summed E-state index contributed by atoms with van der Waals surface area (Å²) in [6, 6.07) is 7.38. The van der Waals surface area contributed by atoms with E-state index < -0.39 is 10.2 Å². The van der Waals surface area contributed by atoms with E-state index in [4.69, 9.17) is 0 Å². The van der Waals surface area contributed by atoms with Crippen molar-refractivity contribution in [2.24, 2.45) is 0 Å². The highest BCUT2D eigenvalue weighted by Crippen LogP contribution is 2.25. The van der Waals surface area contributed by atoms with Crippen LogP contribution in [-0.4, -0.2) is 45.7 Å². The molecule has 114 valence electrons. The molecule has 0 radical (unpaired) electrons. The van der Waals surface area contributed by atoms with E-state index in [0.29, 0.717) is 12.2 Å². The fourth-order valence-corrected chi connectivity index (χ4v) is 3.27. The van der Waals surface area contributed by atoms with Crippen molar-refractivity contribution in [2.45, 2.75) is 18.2 Å². The first-order chi connectivity index (χ1) is 9.51. The Bertz CT molecular complexity index is 506. The number of anilines is 1. The maximum absolute atomic E-state index is 12.2. The van der Waals surface area contributed by atoms with Crippen LogP contribution < -0.4 is 10.0 Å². The van der Waals surface area contributed by atoms with Gasteiger partial charge in [-0.3, -0.25) is 4.72 Å². The minimum absolute atomic E-state index is 0.490. The average molecular weight is 317 g/mol. The van der Waals surface area contributed by atoms with E-state index in [2.05, 4.69) is 10.0 Å². The molecule has 2 N–H and O–H groups in total. The Morgan fingerprint density at radius 3 is 2.65 bits per heavy atom. The van der Waals surface area contributed by atoms with Crippen molar-refractivity contribution in [2.75, 3.05) is 37.7 Å². The maximum atomic E-state index is 12.2. The zero-order valence-corrected chi connectivity index (χ0v) is 13.9. The molecule has 0 aliphatic rings. The van der Waals surface area contributed by atoms with Crippen LogP contribution in [0.4, 0.5) is 5.69 Å². The lowest BCUT2D eigenvalue weighted by atomic mass is 10.3. The Morgan fingerprint density at radius 2 is 2.00 bits per heavy atom. The third-order valence-electron chi connectivity index (χ3n) is 2.83. The van der Waals surface area contributed by atoms with Gasteiger partial charge in [0.05, 0.1) is 5.69 Å². The molecule has 1 aromatic rings. The standard InChI is InChI=1S/C13H23N3O2S2/c1-4-14-10-7-11-16(2)20(17,18)15-12-8-5-6-9-13(12)19-3/h5-6,8-9,14-15H,4,7,10-11H2,1-3H3. The highest BCUT2D eigenvalue weighted by molar-refractivity contribution is 7.98. The summed E-state index contributed by atoms with van der Waals surface area (Å²) in [6.45, 7) is 4.23. The minimum Gasteiger partial charge on any atom is -0.317 e. The van der Waals surface area contributed by atoms with Crippen LogP contribution >= 0.6 is 11.8 Å². The van der Waals surface area contributed by atoms with Crippen molar-refractivity contribution in [1.82, 2.24) is 9.62 Å². The first-order valence-corrected chi connectivity index (χ1v) is 9.25. The van der Waals surface area contributed by atoms with Crippen molar-refractivity contribution < 1.29 is 8.42 Å². The van der Waals surface area contributed by atoms with Gasteiger partial charge in [-0.25, -0.2) is 0 Å². The van der Waals surface area contributed by atoms with Crippen LogP contribution in [-0.2, 0) is 10.2 Å². The van der Waals surface area contributed by atoms with Gasteiger partial charge in [-0.05, 0) is 37.9 Å². The van der Waals surface area contributed by atoms with E-state index >= 15 is 0 Å². The lowest BCUT2D eigenvalue weighted by molar-refractivity contribution is 0.459. The van der Waals surface area contributed by atoms with Gasteiger partial charge in [-0.2, -0.15) is 12.7 Å². The number of thioether (sulfide) groups is 1. The summed E-state index contributed by atoms with van der Waals surface area (Å²) in [4.78, 5) is 0.914. The van der Waals surface area contributed by atoms with Crippen LogP contribution in [0.15, 0.2) is 29.2 Å². The molecule has 1 aromatic carbocycles. The number of nitrogens with one attached hydrogen (secondary N) is 2. The molecule has 0 bridgehead atoms. The van der Waals surface area contributed by atoms with Crippen molar-refractivity contribution in [3.05, 3.63) is 24.3 Å². The molecule has 0 spiro atoms. The lowest BCUT2D eigenvalue weighted by Crippen LogP contribution is -2.34. The summed E-state index contributed by atoms with van der Waals surface area (Å²) in [5, 5.41) is 3.18. The van der Waals surface area contributed by atoms with Gasteiger partial charge < -0.3 is 5.32 Å². The third kappa shape index (κ3) is 5.32. The van der Waals surface area contributed by atoms with Gasteiger partial charge in [0.25, 0.3) is 0 Å². The monoisotopic (exact) mass is 317 g/mol. The molecule has 0 heterocycles. The van der Waals surface area contributed by atoms with Crippen molar-refractivity contribution in [3.8, 4) is 0 Å². The molecule has 0 saturated carbocycles. The zero-order chi connectivity index (χ0) is 15.0. The minimum atomic E-state index is -3.49. The smallest absolute Gasteiger partial charge is 0.301 e. The van der Waals surface area contributed by atoms with Crippen LogP contribution in [0.1, 0.15) is 13.3 Å². The summed E-state index contributed by atoms with van der Waals surface area (Å²) in [7, 11) is -1.90. The fourth-order valence-electron chi connectivity index (χ4n) is 1.67. The lowest BCUT2D eigenvalue weighted by Gasteiger charge is -2.19. The van der Waals surface area contributed by atoms with E-state index in [0.717, 1.165) is 24.4 Å². The first-order valence-electron chi connectivity index (χ1n) is 6.59. The van der Waals surface area contributed by atoms with E-state index in [-0.39, 0.29) is 0 Å². The molecule has 0 unspecified atom stereocenters. The molecule has 0 amide bonds. The van der Waals surface area contributed by atoms with Crippen molar-refractivity contribution >= 4 is 27.7 Å². The summed E-state index contributed by atoms with van der Waals surface area (Å²) < 4.78 is 28.4. The number of hydrogen-bond acceptors (Lipinski definition) is 4. The Kier molecular flexibility index (Phi) is 7.36. The normalized spacial score (nSPS) is 11.8. The van der Waals surface area contributed by atoms with Crippen molar-refractivity contribution in [1.29, 1.82) is 0 Å². The van der Waals surface area contributed by atoms with Crippen LogP contribution in [0.5, 0.6) is 0 Å². The number of benzene rings is 1. The Morgan fingerprint density at radius 1 is 1.30 bits per heavy atom. The summed E-state index contributed by atoms with van der Waals surface area (Å²) in [5.41, 5.74) is 0.624. The van der Waals surface area contributed by atoms with Crippen molar-refractivity contribution in [3.63, 3.8) is 0 Å². The fraction of sp³-hybridized carbons (Fsp3) is 0.538. The van der Waals surface area contributed by atoms with E-state index in [1.807, 2.05) is 31.4 Å². The second-order valence-corrected chi connectivity index (χ2v) is 6.96. The Labute approximate surface area is 126 Å². The van der Waals surface area contributed by atoms with E-state index in [1.54, 1.807) is 13.1 Å². The van der Waals surface area contributed by atoms with Gasteiger partial charge >= 0.3 is 10.2 Å². The van der Waals surface area contributed by atoms with Gasteiger partial charge in [0.2, 0.25) is 0 Å². The topological polar surface area (TPSA) is 61.4 Å². The molecule has 20 heavy (non-hydrogen) atoms. The summed E-state index contributed by atoms with van der Waals surface area (Å²) >= 11 is 1.52. The van der Waals surface area contributed by atoms with Crippen LogP contribution in [0.25, 0.3) is 0 Å². The zero-order valence-electron chi connectivity index (χ0n) is 12.2. The maximum Gasteiger partial charge on any atom is 0.301 e. The van der Waals surface area contributed by atoms with Gasteiger partial charge in [0, 0.05) is 18.5 Å². The molecule has 0 aromatic heterocycles. The Hall–Kier alpha value is -0.760.